The van der Waals surface area contributed by atoms with E-state index in [0.29, 0.717) is 18.0 Å². The highest BCUT2D eigenvalue weighted by molar-refractivity contribution is 5.69. The predicted molar refractivity (Wildman–Crippen MR) is 83.9 cm³/mol. The van der Waals surface area contributed by atoms with Crippen LogP contribution in [0.15, 0.2) is 12.1 Å². The maximum Gasteiger partial charge on any atom is 0.201 e. The molecule has 0 fully saturated rings. The molecule has 0 saturated heterocycles. The van der Waals surface area contributed by atoms with Gasteiger partial charge in [-0.05, 0) is 39.6 Å². The highest BCUT2D eigenvalue weighted by Gasteiger charge is 2.19. The lowest BCUT2D eigenvalue weighted by molar-refractivity contribution is 0.134. The molecule has 0 aromatic heterocycles. The summed E-state index contributed by atoms with van der Waals surface area (Å²) in [6.07, 6.45) is 3.42. The number of ether oxygens (including phenoxy) is 2. The van der Waals surface area contributed by atoms with E-state index >= 15 is 0 Å². The van der Waals surface area contributed by atoms with Gasteiger partial charge in [-0.25, -0.2) is 0 Å². The molecule has 0 unspecified atom stereocenters. The number of phenols is 1. The van der Waals surface area contributed by atoms with Crippen LogP contribution in [0.5, 0.6) is 17.2 Å². The minimum Gasteiger partial charge on any atom is -0.502 e. The average Bonchev–Trinajstić information content (AvgIpc) is 2.36. The van der Waals surface area contributed by atoms with Crippen LogP contribution in [0.2, 0.25) is 0 Å². The molecule has 0 aliphatic rings. The summed E-state index contributed by atoms with van der Waals surface area (Å²) in [7, 11) is 6.90. The number of aliphatic hydroxyl groups is 1. The third kappa shape index (κ3) is 4.65. The third-order valence-corrected chi connectivity index (χ3v) is 2.91. The van der Waals surface area contributed by atoms with Crippen molar-refractivity contribution in [1.82, 2.24) is 4.90 Å². The Morgan fingerprint density at radius 3 is 2.29 bits per heavy atom. The third-order valence-electron chi connectivity index (χ3n) is 2.91. The first-order chi connectivity index (χ1) is 9.69. The normalized spacial score (nSPS) is 12.2. The van der Waals surface area contributed by atoms with Crippen LogP contribution in [0.4, 0.5) is 0 Å². The van der Waals surface area contributed by atoms with Gasteiger partial charge in [0.25, 0.3) is 0 Å². The first kappa shape index (κ1) is 17.3. The second-order valence-electron chi connectivity index (χ2n) is 5.76. The molecule has 0 saturated carbocycles. The Balaban J connectivity index is 3.48. The largest absolute Gasteiger partial charge is 0.502 e. The van der Waals surface area contributed by atoms with Crippen molar-refractivity contribution in [2.45, 2.75) is 26.0 Å². The summed E-state index contributed by atoms with van der Waals surface area (Å²) in [5.74, 6) is 0.661. The maximum atomic E-state index is 10.2. The van der Waals surface area contributed by atoms with E-state index in [4.69, 9.17) is 9.47 Å². The van der Waals surface area contributed by atoms with Gasteiger partial charge >= 0.3 is 0 Å². The zero-order chi connectivity index (χ0) is 16.2. The fraction of sp³-hybridized carbons (Fsp3) is 0.500. The molecule has 0 radical (unpaired) electrons. The first-order valence-electron chi connectivity index (χ1n) is 6.72. The van der Waals surface area contributed by atoms with Crippen molar-refractivity contribution in [3.8, 4) is 17.2 Å². The zero-order valence-corrected chi connectivity index (χ0v) is 13.6. The smallest absolute Gasteiger partial charge is 0.201 e. The van der Waals surface area contributed by atoms with E-state index in [2.05, 4.69) is 0 Å². The second-order valence-corrected chi connectivity index (χ2v) is 5.76. The molecule has 0 spiro atoms. The van der Waals surface area contributed by atoms with Gasteiger partial charge in [0.2, 0.25) is 5.75 Å². The van der Waals surface area contributed by atoms with E-state index in [1.165, 1.54) is 14.2 Å². The lowest BCUT2D eigenvalue weighted by atomic mass is 10.0. The molecule has 0 heterocycles. The van der Waals surface area contributed by atoms with Crippen molar-refractivity contribution in [1.29, 1.82) is 0 Å². The van der Waals surface area contributed by atoms with Crippen LogP contribution in [0.25, 0.3) is 6.08 Å². The fourth-order valence-electron chi connectivity index (χ4n) is 1.99. The van der Waals surface area contributed by atoms with E-state index in [0.717, 1.165) is 11.1 Å². The average molecular weight is 295 g/mol. The number of hydrogen-bond acceptors (Lipinski definition) is 5. The summed E-state index contributed by atoms with van der Waals surface area (Å²) in [6.45, 7) is 4.02. The van der Waals surface area contributed by atoms with Crippen LogP contribution in [-0.4, -0.2) is 49.0 Å². The van der Waals surface area contributed by atoms with Gasteiger partial charge in [-0.3, -0.25) is 0 Å². The number of aromatic hydroxyl groups is 1. The molecule has 0 aliphatic carbocycles. The number of methoxy groups -OCH3 is 2. The topological polar surface area (TPSA) is 62.2 Å². The SMILES string of the molecule is COc1cc(CN(C)C)c(/C=C/C(C)(C)O)c(OC)c1O. The van der Waals surface area contributed by atoms with Gasteiger partial charge in [0, 0.05) is 12.1 Å². The van der Waals surface area contributed by atoms with Gasteiger partial charge in [-0.1, -0.05) is 12.2 Å². The fourth-order valence-corrected chi connectivity index (χ4v) is 1.99. The molecule has 0 bridgehead atoms. The minimum absolute atomic E-state index is 0.0436. The van der Waals surface area contributed by atoms with Gasteiger partial charge in [-0.2, -0.15) is 0 Å². The first-order valence-corrected chi connectivity index (χ1v) is 6.72. The van der Waals surface area contributed by atoms with Crippen LogP contribution in [-0.2, 0) is 6.54 Å². The molecule has 0 aliphatic heterocycles. The van der Waals surface area contributed by atoms with Crippen LogP contribution in [0.1, 0.15) is 25.0 Å². The van der Waals surface area contributed by atoms with Crippen molar-refractivity contribution >= 4 is 6.08 Å². The van der Waals surface area contributed by atoms with E-state index in [1.807, 2.05) is 19.0 Å². The maximum absolute atomic E-state index is 10.2. The zero-order valence-electron chi connectivity index (χ0n) is 13.6. The second kappa shape index (κ2) is 6.83. The number of nitrogens with zero attached hydrogens (tertiary/aromatic N) is 1. The van der Waals surface area contributed by atoms with Crippen molar-refractivity contribution < 1.29 is 19.7 Å². The summed E-state index contributed by atoms with van der Waals surface area (Å²) in [5, 5.41) is 20.1. The molecular weight excluding hydrogens is 270 g/mol. The number of rotatable bonds is 6. The Morgan fingerprint density at radius 1 is 1.24 bits per heavy atom. The molecule has 0 atom stereocenters. The van der Waals surface area contributed by atoms with Gasteiger partial charge in [0.05, 0.1) is 19.8 Å². The monoisotopic (exact) mass is 295 g/mol. The Bertz CT molecular complexity index is 516. The lowest BCUT2D eigenvalue weighted by Gasteiger charge is -2.19. The van der Waals surface area contributed by atoms with Gasteiger partial charge in [-0.15, -0.1) is 0 Å². The Kier molecular flexibility index (Phi) is 5.63. The van der Waals surface area contributed by atoms with E-state index in [1.54, 1.807) is 32.1 Å². The van der Waals surface area contributed by atoms with Crippen LogP contribution >= 0.6 is 0 Å². The molecule has 118 valence electrons. The van der Waals surface area contributed by atoms with Crippen LogP contribution in [0, 0.1) is 0 Å². The van der Waals surface area contributed by atoms with Gasteiger partial charge < -0.3 is 24.6 Å². The number of hydrogen-bond donors (Lipinski definition) is 2. The molecule has 5 nitrogen and oxygen atoms in total. The Labute approximate surface area is 126 Å². The van der Waals surface area contributed by atoms with Crippen LogP contribution in [0.3, 0.4) is 0 Å². The number of benzene rings is 1. The summed E-state index contributed by atoms with van der Waals surface area (Å²) in [5.41, 5.74) is 0.717. The Morgan fingerprint density at radius 2 is 1.86 bits per heavy atom. The number of phenolic OH excluding ortho intramolecular Hbond substituents is 1. The Hall–Kier alpha value is -1.72. The highest BCUT2D eigenvalue weighted by Crippen LogP contribution is 2.42. The van der Waals surface area contributed by atoms with Gasteiger partial charge in [0.1, 0.15) is 0 Å². The van der Waals surface area contributed by atoms with E-state index < -0.39 is 5.60 Å². The highest BCUT2D eigenvalue weighted by atomic mass is 16.5. The molecule has 1 rings (SSSR count). The molecule has 5 heteroatoms. The summed E-state index contributed by atoms with van der Waals surface area (Å²) in [4.78, 5) is 2.01. The van der Waals surface area contributed by atoms with Crippen molar-refractivity contribution in [3.05, 3.63) is 23.3 Å². The molecule has 0 amide bonds. The quantitative estimate of drug-likeness (QED) is 0.843. The molecule has 1 aromatic rings. The standard InChI is InChI=1S/C16H25NO4/c1-16(2,19)8-7-12-11(10-17(3)4)9-13(20-5)14(18)15(12)21-6/h7-9,18-19H,10H2,1-6H3/b8-7+. The predicted octanol–water partition coefficient (Wildman–Crippen LogP) is 2.26. The van der Waals surface area contributed by atoms with Crippen LogP contribution < -0.4 is 9.47 Å². The van der Waals surface area contributed by atoms with Crippen molar-refractivity contribution in [2.24, 2.45) is 0 Å². The van der Waals surface area contributed by atoms with E-state index in [-0.39, 0.29) is 5.75 Å². The molecule has 21 heavy (non-hydrogen) atoms. The van der Waals surface area contributed by atoms with Gasteiger partial charge in [0.15, 0.2) is 11.5 Å². The summed E-state index contributed by atoms with van der Waals surface area (Å²) >= 11 is 0. The lowest BCUT2D eigenvalue weighted by Crippen LogP contribution is -2.14. The van der Waals surface area contributed by atoms with E-state index in [9.17, 15) is 10.2 Å². The summed E-state index contributed by atoms with van der Waals surface area (Å²) < 4.78 is 10.5. The molecular formula is C16H25NO4. The van der Waals surface area contributed by atoms with Crippen molar-refractivity contribution in [2.75, 3.05) is 28.3 Å². The minimum atomic E-state index is -0.948. The molecule has 1 aromatic carbocycles. The summed E-state index contributed by atoms with van der Waals surface area (Å²) in [6, 6.07) is 1.78. The molecule has 2 N–H and O–H groups in total. The van der Waals surface area contributed by atoms with Crippen molar-refractivity contribution in [3.63, 3.8) is 0 Å².